The Hall–Kier alpha value is -2.00. The van der Waals surface area contributed by atoms with E-state index in [-0.39, 0.29) is 17.1 Å². The van der Waals surface area contributed by atoms with E-state index in [1.807, 2.05) is 25.2 Å². The van der Waals surface area contributed by atoms with Gasteiger partial charge in [0.2, 0.25) is 5.79 Å². The van der Waals surface area contributed by atoms with E-state index >= 15 is 0 Å². The lowest BCUT2D eigenvalue weighted by Gasteiger charge is -2.42. The van der Waals surface area contributed by atoms with Crippen LogP contribution in [0.25, 0.3) is 0 Å². The van der Waals surface area contributed by atoms with Crippen molar-refractivity contribution < 1.29 is 24.1 Å². The Morgan fingerprint density at radius 1 is 1.44 bits per heavy atom. The van der Waals surface area contributed by atoms with Gasteiger partial charge in [-0.25, -0.2) is 4.79 Å². The highest BCUT2D eigenvalue weighted by molar-refractivity contribution is 7.07. The van der Waals surface area contributed by atoms with Gasteiger partial charge >= 0.3 is 10.8 Å². The Morgan fingerprint density at radius 2 is 2.22 bits per heavy atom. The van der Waals surface area contributed by atoms with Crippen molar-refractivity contribution in [3.63, 3.8) is 0 Å². The SMILES string of the molecule is COC1CC(CCC(C)C=CC=CCCC(C)=CC(=O)O)OC(OC)(c2csc(=O)[nH]2)C1. The topological polar surface area (TPSA) is 97.8 Å². The molecule has 0 bridgehead atoms. The van der Waals surface area contributed by atoms with Gasteiger partial charge in [0.1, 0.15) is 0 Å². The van der Waals surface area contributed by atoms with Crippen LogP contribution < -0.4 is 4.87 Å². The van der Waals surface area contributed by atoms with Crippen LogP contribution in [-0.2, 0) is 24.8 Å². The summed E-state index contributed by atoms with van der Waals surface area (Å²) in [6.45, 7) is 4.00. The smallest absolute Gasteiger partial charge is 0.328 e. The average Bonchev–Trinajstić information content (AvgIpc) is 3.20. The zero-order chi connectivity index (χ0) is 23.6. The van der Waals surface area contributed by atoms with E-state index in [0.29, 0.717) is 18.0 Å². The predicted octanol–water partition coefficient (Wildman–Crippen LogP) is 4.77. The molecule has 1 aromatic rings. The number of methoxy groups -OCH3 is 2. The third kappa shape index (κ3) is 8.16. The van der Waals surface area contributed by atoms with E-state index < -0.39 is 11.8 Å². The first-order chi connectivity index (χ1) is 15.3. The highest BCUT2D eigenvalue weighted by atomic mass is 32.1. The first-order valence-electron chi connectivity index (χ1n) is 11.0. The van der Waals surface area contributed by atoms with Crippen LogP contribution in [0.1, 0.15) is 58.1 Å². The molecule has 2 rings (SSSR count). The van der Waals surface area contributed by atoms with Gasteiger partial charge in [0, 0.05) is 38.5 Å². The number of aromatic nitrogens is 1. The van der Waals surface area contributed by atoms with Crippen molar-refractivity contribution in [2.24, 2.45) is 5.92 Å². The van der Waals surface area contributed by atoms with Gasteiger partial charge in [-0.2, -0.15) is 0 Å². The number of aliphatic carboxylic acids is 1. The monoisotopic (exact) mass is 465 g/mol. The standard InChI is InChI=1S/C24H35NO6S/c1-17(9-7-5-6-8-10-18(2)13-22(26)27)11-12-19-14-20(29-3)15-24(30-4,31-19)21-16-32-23(28)25-21/h5-7,9,13,16-17,19-20H,8,10-12,14-15H2,1-4H3,(H,25,28)(H,26,27). The molecule has 0 aromatic carbocycles. The molecule has 178 valence electrons. The lowest BCUT2D eigenvalue weighted by molar-refractivity contribution is -0.299. The predicted molar refractivity (Wildman–Crippen MR) is 126 cm³/mol. The molecule has 7 nitrogen and oxygen atoms in total. The number of ether oxygens (including phenoxy) is 3. The Labute approximate surface area is 193 Å². The van der Waals surface area contributed by atoms with Gasteiger partial charge in [-0.3, -0.25) is 4.79 Å². The Balaban J connectivity index is 1.86. The Morgan fingerprint density at radius 3 is 2.84 bits per heavy atom. The largest absolute Gasteiger partial charge is 0.478 e. The second-order valence-electron chi connectivity index (χ2n) is 8.29. The van der Waals surface area contributed by atoms with Crippen LogP contribution >= 0.6 is 11.3 Å². The van der Waals surface area contributed by atoms with Crippen molar-refractivity contribution in [2.45, 2.75) is 70.4 Å². The van der Waals surface area contributed by atoms with E-state index in [2.05, 4.69) is 18.0 Å². The van der Waals surface area contributed by atoms with Crippen molar-refractivity contribution in [3.8, 4) is 0 Å². The molecule has 0 saturated carbocycles. The maximum Gasteiger partial charge on any atom is 0.328 e. The summed E-state index contributed by atoms with van der Waals surface area (Å²) in [5, 5.41) is 10.5. The van der Waals surface area contributed by atoms with Gasteiger partial charge in [-0.05, 0) is 38.5 Å². The number of hydrogen-bond donors (Lipinski definition) is 2. The minimum absolute atomic E-state index is 0.00971. The summed E-state index contributed by atoms with van der Waals surface area (Å²) < 4.78 is 17.8. The van der Waals surface area contributed by atoms with Gasteiger partial charge in [0.25, 0.3) is 0 Å². The average molecular weight is 466 g/mol. The third-order valence-electron chi connectivity index (χ3n) is 5.68. The van der Waals surface area contributed by atoms with Crippen molar-refractivity contribution in [2.75, 3.05) is 14.2 Å². The van der Waals surface area contributed by atoms with Crippen molar-refractivity contribution in [1.29, 1.82) is 0 Å². The molecule has 2 N–H and O–H groups in total. The van der Waals surface area contributed by atoms with Crippen LogP contribution in [0.3, 0.4) is 0 Å². The maximum absolute atomic E-state index is 11.7. The minimum atomic E-state index is -0.988. The van der Waals surface area contributed by atoms with E-state index in [9.17, 15) is 9.59 Å². The molecule has 0 amide bonds. The fourth-order valence-electron chi connectivity index (χ4n) is 3.85. The van der Waals surface area contributed by atoms with Gasteiger partial charge in [0.05, 0.1) is 17.9 Å². The lowest BCUT2D eigenvalue weighted by Crippen LogP contribution is -2.46. The number of carboxylic acids is 1. The number of hydrogen-bond acceptors (Lipinski definition) is 6. The summed E-state index contributed by atoms with van der Waals surface area (Å²) in [5.41, 5.74) is 1.51. The van der Waals surface area contributed by atoms with Crippen LogP contribution in [0.15, 0.2) is 46.1 Å². The zero-order valence-corrected chi connectivity index (χ0v) is 20.2. The molecule has 1 aliphatic rings. The summed E-state index contributed by atoms with van der Waals surface area (Å²) in [7, 11) is 3.29. The van der Waals surface area contributed by atoms with Crippen molar-refractivity contribution in [3.05, 3.63) is 56.7 Å². The minimum Gasteiger partial charge on any atom is -0.478 e. The molecule has 1 aliphatic heterocycles. The lowest BCUT2D eigenvalue weighted by atomic mass is 9.92. The van der Waals surface area contributed by atoms with Crippen LogP contribution in [0.5, 0.6) is 0 Å². The quantitative estimate of drug-likeness (QED) is 0.341. The number of nitrogens with one attached hydrogen (secondary N) is 1. The van der Waals surface area contributed by atoms with E-state index in [4.69, 9.17) is 19.3 Å². The van der Waals surface area contributed by atoms with Gasteiger partial charge in [-0.15, -0.1) is 0 Å². The van der Waals surface area contributed by atoms with E-state index in [1.165, 1.54) is 6.08 Å². The van der Waals surface area contributed by atoms with Crippen LogP contribution in [0, 0.1) is 5.92 Å². The number of carbonyl (C=O) groups is 1. The second kappa shape index (κ2) is 12.9. The first-order valence-corrected chi connectivity index (χ1v) is 11.8. The highest BCUT2D eigenvalue weighted by Gasteiger charge is 2.44. The number of rotatable bonds is 12. The van der Waals surface area contributed by atoms with Crippen LogP contribution in [0.2, 0.25) is 0 Å². The molecule has 0 radical (unpaired) electrons. The number of aromatic amines is 1. The van der Waals surface area contributed by atoms with E-state index in [0.717, 1.165) is 49.0 Å². The summed E-state index contributed by atoms with van der Waals surface area (Å²) in [6.07, 6.45) is 14.1. The summed E-state index contributed by atoms with van der Waals surface area (Å²) in [4.78, 5) is 25.0. The molecule has 1 fully saturated rings. The van der Waals surface area contributed by atoms with Gasteiger partial charge in [0.15, 0.2) is 0 Å². The molecular weight excluding hydrogens is 430 g/mol. The zero-order valence-electron chi connectivity index (χ0n) is 19.3. The molecule has 32 heavy (non-hydrogen) atoms. The Kier molecular flexibility index (Phi) is 10.6. The fourth-order valence-corrected chi connectivity index (χ4v) is 4.48. The molecule has 4 unspecified atom stereocenters. The molecule has 0 spiro atoms. The molecule has 4 atom stereocenters. The van der Waals surface area contributed by atoms with Crippen molar-refractivity contribution >= 4 is 17.3 Å². The number of carboxylic acid groups (broad SMARTS) is 1. The van der Waals surface area contributed by atoms with Crippen molar-refractivity contribution in [1.82, 2.24) is 4.98 Å². The second-order valence-corrected chi connectivity index (χ2v) is 9.13. The molecule has 1 saturated heterocycles. The van der Waals surface area contributed by atoms with Crippen LogP contribution in [-0.4, -0.2) is 42.5 Å². The molecule has 8 heteroatoms. The summed E-state index contributed by atoms with van der Waals surface area (Å²) >= 11 is 1.10. The molecular formula is C24H35NO6S. The van der Waals surface area contributed by atoms with Gasteiger partial charge in [-0.1, -0.05) is 48.1 Å². The maximum atomic E-state index is 11.7. The van der Waals surface area contributed by atoms with Gasteiger partial charge < -0.3 is 24.3 Å². The fraction of sp³-hybridized carbons (Fsp3) is 0.583. The molecule has 1 aromatic heterocycles. The molecule has 2 heterocycles. The number of H-pyrrole nitrogens is 1. The third-order valence-corrected chi connectivity index (χ3v) is 6.35. The normalized spacial score (nSPS) is 25.6. The molecule has 0 aliphatic carbocycles. The first kappa shape index (κ1) is 26.3. The number of thiazole rings is 1. The number of allylic oxidation sites excluding steroid dienone is 5. The van der Waals surface area contributed by atoms with Crippen LogP contribution in [0.4, 0.5) is 0 Å². The summed E-state index contributed by atoms with van der Waals surface area (Å²) in [5.74, 6) is -1.51. The van der Waals surface area contributed by atoms with E-state index in [1.54, 1.807) is 19.6 Å². The Bertz CT molecular complexity index is 870. The summed E-state index contributed by atoms with van der Waals surface area (Å²) in [6, 6.07) is 0. The highest BCUT2D eigenvalue weighted by Crippen LogP contribution is 2.40.